The van der Waals surface area contributed by atoms with Crippen molar-refractivity contribution in [3.05, 3.63) is 46.4 Å². The highest BCUT2D eigenvalue weighted by Crippen LogP contribution is 2.07. The summed E-state index contributed by atoms with van der Waals surface area (Å²) in [7, 11) is 3.11. The van der Waals surface area contributed by atoms with E-state index in [1.54, 1.807) is 7.05 Å². The van der Waals surface area contributed by atoms with Crippen molar-refractivity contribution in [1.82, 2.24) is 14.3 Å². The maximum Gasteiger partial charge on any atom is 0.348 e. The zero-order chi connectivity index (χ0) is 11.5. The molecule has 0 aliphatic rings. The lowest BCUT2D eigenvalue weighted by Gasteiger charge is -2.03. The minimum absolute atomic E-state index is 0.180. The molecule has 0 amide bonds. The fourth-order valence-corrected chi connectivity index (χ4v) is 1.53. The zero-order valence-electron chi connectivity index (χ0n) is 9.25. The van der Waals surface area contributed by atoms with Crippen LogP contribution in [0.3, 0.4) is 0 Å². The first-order valence-electron chi connectivity index (χ1n) is 4.94. The van der Waals surface area contributed by atoms with Gasteiger partial charge in [0.05, 0.1) is 13.7 Å². The molecule has 0 aliphatic carbocycles. The molecule has 5 heteroatoms. The molecule has 2 aromatic rings. The molecule has 1 aromatic carbocycles. The van der Waals surface area contributed by atoms with E-state index >= 15 is 0 Å². The number of methoxy groups -OCH3 is 1. The van der Waals surface area contributed by atoms with Crippen molar-refractivity contribution in [3.8, 4) is 6.01 Å². The summed E-state index contributed by atoms with van der Waals surface area (Å²) < 4.78 is 7.81. The predicted molar refractivity (Wildman–Crippen MR) is 59.6 cm³/mol. The van der Waals surface area contributed by atoms with Crippen molar-refractivity contribution in [1.29, 1.82) is 0 Å². The van der Waals surface area contributed by atoms with Crippen molar-refractivity contribution in [2.24, 2.45) is 7.05 Å². The molecule has 2 rings (SSSR count). The van der Waals surface area contributed by atoms with Crippen LogP contribution in [0.5, 0.6) is 6.01 Å². The second kappa shape index (κ2) is 4.22. The summed E-state index contributed by atoms with van der Waals surface area (Å²) in [5, 5.41) is 3.97. The van der Waals surface area contributed by atoms with Gasteiger partial charge in [-0.2, -0.15) is 0 Å². The molecule has 0 bridgehead atoms. The molecular formula is C11H13N3O2. The van der Waals surface area contributed by atoms with Crippen molar-refractivity contribution >= 4 is 0 Å². The number of benzene rings is 1. The average Bonchev–Trinajstić information content (AvgIpc) is 2.58. The summed E-state index contributed by atoms with van der Waals surface area (Å²) in [6.07, 6.45) is 0. The summed E-state index contributed by atoms with van der Waals surface area (Å²) >= 11 is 0. The molecule has 0 N–H and O–H groups in total. The van der Waals surface area contributed by atoms with Crippen LogP contribution in [-0.4, -0.2) is 21.5 Å². The van der Waals surface area contributed by atoms with E-state index in [2.05, 4.69) is 5.10 Å². The first-order chi connectivity index (χ1) is 7.72. The van der Waals surface area contributed by atoms with Crippen LogP contribution >= 0.6 is 0 Å². The van der Waals surface area contributed by atoms with Gasteiger partial charge in [-0.1, -0.05) is 30.3 Å². The van der Waals surface area contributed by atoms with E-state index in [4.69, 9.17) is 4.74 Å². The Morgan fingerprint density at radius 3 is 2.62 bits per heavy atom. The van der Waals surface area contributed by atoms with Gasteiger partial charge in [-0.15, -0.1) is 5.10 Å². The van der Waals surface area contributed by atoms with Gasteiger partial charge in [0.25, 0.3) is 0 Å². The number of hydrogen-bond donors (Lipinski definition) is 0. The molecule has 1 heterocycles. The summed E-state index contributed by atoms with van der Waals surface area (Å²) in [6, 6.07) is 10.0. The van der Waals surface area contributed by atoms with Crippen LogP contribution in [0.1, 0.15) is 5.56 Å². The van der Waals surface area contributed by atoms with Gasteiger partial charge >= 0.3 is 11.7 Å². The molecule has 84 valence electrons. The fraction of sp³-hybridized carbons (Fsp3) is 0.273. The largest absolute Gasteiger partial charge is 0.467 e. The van der Waals surface area contributed by atoms with Crippen molar-refractivity contribution in [2.75, 3.05) is 7.11 Å². The van der Waals surface area contributed by atoms with Crippen LogP contribution in [0.2, 0.25) is 0 Å². The van der Waals surface area contributed by atoms with Crippen molar-refractivity contribution in [3.63, 3.8) is 0 Å². The number of aryl methyl sites for hydroxylation is 1. The Kier molecular flexibility index (Phi) is 2.76. The van der Waals surface area contributed by atoms with Gasteiger partial charge in [0, 0.05) is 7.05 Å². The smallest absolute Gasteiger partial charge is 0.348 e. The highest BCUT2D eigenvalue weighted by molar-refractivity contribution is 5.16. The van der Waals surface area contributed by atoms with Crippen LogP contribution in [-0.2, 0) is 13.6 Å². The maximum atomic E-state index is 11.7. The lowest BCUT2D eigenvalue weighted by molar-refractivity contribution is 0.357. The van der Waals surface area contributed by atoms with E-state index in [1.165, 1.54) is 16.4 Å². The second-order valence-corrected chi connectivity index (χ2v) is 3.46. The monoisotopic (exact) mass is 219 g/mol. The molecule has 0 spiro atoms. The molecule has 1 aromatic heterocycles. The normalized spacial score (nSPS) is 10.4. The van der Waals surface area contributed by atoms with E-state index in [-0.39, 0.29) is 5.69 Å². The Bertz CT molecular complexity index is 528. The van der Waals surface area contributed by atoms with Crippen LogP contribution in [0, 0.1) is 0 Å². The quantitative estimate of drug-likeness (QED) is 0.761. The Morgan fingerprint density at radius 1 is 1.31 bits per heavy atom. The Morgan fingerprint density at radius 2 is 2.00 bits per heavy atom. The van der Waals surface area contributed by atoms with Crippen LogP contribution in [0.25, 0.3) is 0 Å². The average molecular weight is 219 g/mol. The third-order valence-electron chi connectivity index (χ3n) is 2.34. The summed E-state index contributed by atoms with van der Waals surface area (Å²) in [5.41, 5.74) is 0.858. The fourth-order valence-electron chi connectivity index (χ4n) is 1.53. The molecule has 0 aliphatic heterocycles. The zero-order valence-corrected chi connectivity index (χ0v) is 9.25. The summed E-state index contributed by atoms with van der Waals surface area (Å²) in [4.78, 5) is 11.7. The van der Waals surface area contributed by atoms with Gasteiger partial charge in [-0.3, -0.25) is 0 Å². The van der Waals surface area contributed by atoms with Gasteiger partial charge < -0.3 is 4.74 Å². The van der Waals surface area contributed by atoms with Crippen molar-refractivity contribution < 1.29 is 4.74 Å². The van der Waals surface area contributed by atoms with Crippen LogP contribution < -0.4 is 10.4 Å². The molecule has 0 fully saturated rings. The van der Waals surface area contributed by atoms with Gasteiger partial charge in [-0.25, -0.2) is 14.0 Å². The number of hydrogen-bond acceptors (Lipinski definition) is 3. The third-order valence-corrected chi connectivity index (χ3v) is 2.34. The van der Waals surface area contributed by atoms with E-state index in [0.717, 1.165) is 5.56 Å². The first kappa shape index (κ1) is 10.5. The highest BCUT2D eigenvalue weighted by Gasteiger charge is 2.11. The molecule has 0 unspecified atom stereocenters. The minimum atomic E-state index is -0.180. The Hall–Kier alpha value is -2.04. The molecule has 0 saturated heterocycles. The topological polar surface area (TPSA) is 49.1 Å². The first-order valence-corrected chi connectivity index (χ1v) is 4.94. The lowest BCUT2D eigenvalue weighted by atomic mass is 10.2. The predicted octanol–water partition coefficient (Wildman–Crippen LogP) is 0.639. The molecular weight excluding hydrogens is 206 g/mol. The molecule has 0 saturated carbocycles. The number of nitrogens with zero attached hydrogens (tertiary/aromatic N) is 3. The van der Waals surface area contributed by atoms with E-state index in [1.807, 2.05) is 30.3 Å². The molecule has 0 atom stereocenters. The maximum absolute atomic E-state index is 11.7. The number of ether oxygens (including phenoxy) is 1. The van der Waals surface area contributed by atoms with Crippen molar-refractivity contribution in [2.45, 2.75) is 6.54 Å². The van der Waals surface area contributed by atoms with Gasteiger partial charge in [0.2, 0.25) is 0 Å². The van der Waals surface area contributed by atoms with Crippen LogP contribution in [0.15, 0.2) is 35.1 Å². The van der Waals surface area contributed by atoms with E-state index < -0.39 is 0 Å². The van der Waals surface area contributed by atoms with Gasteiger partial charge in [0.1, 0.15) is 0 Å². The SMILES string of the molecule is COc1nn(C)c(=O)n1Cc1ccccc1. The van der Waals surface area contributed by atoms with E-state index in [9.17, 15) is 4.79 Å². The van der Waals surface area contributed by atoms with Gasteiger partial charge in [-0.05, 0) is 5.56 Å². The Balaban J connectivity index is 2.38. The summed E-state index contributed by atoms with van der Waals surface area (Å²) in [6.45, 7) is 0.469. The standard InChI is InChI=1S/C11H13N3O2/c1-13-11(15)14(10(12-13)16-2)8-9-6-4-3-5-7-9/h3-7H,8H2,1-2H3. The second-order valence-electron chi connectivity index (χ2n) is 3.46. The third kappa shape index (κ3) is 1.84. The molecule has 16 heavy (non-hydrogen) atoms. The number of aromatic nitrogens is 3. The summed E-state index contributed by atoms with van der Waals surface area (Å²) in [5.74, 6) is 0. The minimum Gasteiger partial charge on any atom is -0.467 e. The molecule has 5 nitrogen and oxygen atoms in total. The van der Waals surface area contributed by atoms with E-state index in [0.29, 0.717) is 12.6 Å². The highest BCUT2D eigenvalue weighted by atomic mass is 16.5. The lowest BCUT2D eigenvalue weighted by Crippen LogP contribution is -2.23. The molecule has 0 radical (unpaired) electrons. The Labute approximate surface area is 92.9 Å². The number of rotatable bonds is 3. The van der Waals surface area contributed by atoms with Gasteiger partial charge in [0.15, 0.2) is 0 Å². The van der Waals surface area contributed by atoms with Crippen LogP contribution in [0.4, 0.5) is 0 Å².